The van der Waals surface area contributed by atoms with Crippen LogP contribution >= 0.6 is 7.82 Å². The standard InChI is InChI=1S/C48H82NO9P/c1-6-8-10-11-12-13-14-15-16-17-18-19-20-21-22-25-29-32-36-40-48(52)58-46(44-57-59(53,54)56-42-41-49(3,4)5)43-55-47(51)39-35-31-28-26-23-24-27-30-34-38-45(50)37-33-9-7-2/h9,12-13,15-16,18-19,21-22,27,30,33-34,38,45-46,50H,6-8,10-11,14,17,20,23-26,28-29,31-32,35-37,39-44H2,1-5H3/b13-12-,16-15-,19-18-,22-21-,30-27+,33-9+,38-34+/t45?,46-/m1/s1. The number of unbranched alkanes of at least 4 members (excludes halogenated alkanes) is 11. The van der Waals surface area contributed by atoms with Gasteiger partial charge in [0.05, 0.1) is 33.9 Å². The Morgan fingerprint density at radius 1 is 0.644 bits per heavy atom. The summed E-state index contributed by atoms with van der Waals surface area (Å²) < 4.78 is 33.8. The highest BCUT2D eigenvalue weighted by Crippen LogP contribution is 2.38. The maximum Gasteiger partial charge on any atom is 0.306 e. The van der Waals surface area contributed by atoms with E-state index in [1.54, 1.807) is 6.08 Å². The summed E-state index contributed by atoms with van der Waals surface area (Å²) in [6, 6.07) is 0. The van der Waals surface area contributed by atoms with Gasteiger partial charge in [0.1, 0.15) is 19.8 Å². The Hall–Kier alpha value is -2.85. The highest BCUT2D eigenvalue weighted by molar-refractivity contribution is 7.45. The fourth-order valence-electron chi connectivity index (χ4n) is 5.44. The number of carbonyl (C=O) groups excluding carboxylic acids is 2. The van der Waals surface area contributed by atoms with Gasteiger partial charge in [-0.15, -0.1) is 0 Å². The lowest BCUT2D eigenvalue weighted by Gasteiger charge is -2.28. The van der Waals surface area contributed by atoms with Gasteiger partial charge in [0.15, 0.2) is 6.10 Å². The lowest BCUT2D eigenvalue weighted by atomic mass is 10.1. The number of phosphoric acid groups is 1. The van der Waals surface area contributed by atoms with Crippen LogP contribution in [-0.4, -0.2) is 81.2 Å². The van der Waals surface area contributed by atoms with Crippen LogP contribution < -0.4 is 4.89 Å². The van der Waals surface area contributed by atoms with E-state index in [1.165, 1.54) is 25.7 Å². The van der Waals surface area contributed by atoms with Gasteiger partial charge in [-0.25, -0.2) is 0 Å². The van der Waals surface area contributed by atoms with Gasteiger partial charge in [-0.05, 0) is 83.5 Å². The molecule has 0 fully saturated rings. The molecule has 0 saturated carbocycles. The minimum Gasteiger partial charge on any atom is -0.756 e. The molecule has 0 radical (unpaired) electrons. The van der Waals surface area contributed by atoms with Crippen LogP contribution in [0.15, 0.2) is 85.1 Å². The summed E-state index contributed by atoms with van der Waals surface area (Å²) in [5, 5.41) is 9.88. The van der Waals surface area contributed by atoms with Crippen LogP contribution in [0.1, 0.15) is 149 Å². The molecule has 0 aromatic heterocycles. The molecule has 2 unspecified atom stereocenters. The second kappa shape index (κ2) is 39.3. The van der Waals surface area contributed by atoms with Crippen molar-refractivity contribution in [1.82, 2.24) is 0 Å². The van der Waals surface area contributed by atoms with Crippen molar-refractivity contribution in [2.45, 2.75) is 161 Å². The monoisotopic (exact) mass is 848 g/mol. The zero-order valence-corrected chi connectivity index (χ0v) is 38.4. The Kier molecular flexibility index (Phi) is 37.4. The molecule has 1 N–H and O–H groups in total. The van der Waals surface area contributed by atoms with Crippen molar-refractivity contribution in [2.24, 2.45) is 0 Å². The summed E-state index contributed by atoms with van der Waals surface area (Å²) in [6.07, 6.45) is 46.5. The molecule has 0 aliphatic rings. The molecule has 59 heavy (non-hydrogen) atoms. The number of allylic oxidation sites excluding steroid dienone is 12. The topological polar surface area (TPSA) is 131 Å². The van der Waals surface area contributed by atoms with Crippen molar-refractivity contribution in [3.05, 3.63) is 85.1 Å². The Morgan fingerprint density at radius 3 is 1.80 bits per heavy atom. The molecule has 0 rings (SSSR count). The van der Waals surface area contributed by atoms with Crippen LogP contribution in [0.5, 0.6) is 0 Å². The van der Waals surface area contributed by atoms with Crippen LogP contribution in [-0.2, 0) is 32.7 Å². The maximum atomic E-state index is 12.7. The van der Waals surface area contributed by atoms with Crippen LogP contribution in [0.4, 0.5) is 0 Å². The highest BCUT2D eigenvalue weighted by Gasteiger charge is 2.21. The lowest BCUT2D eigenvalue weighted by Crippen LogP contribution is -2.37. The number of hydrogen-bond acceptors (Lipinski definition) is 9. The van der Waals surface area contributed by atoms with Gasteiger partial charge < -0.3 is 33.0 Å². The van der Waals surface area contributed by atoms with E-state index in [0.29, 0.717) is 30.3 Å². The summed E-state index contributed by atoms with van der Waals surface area (Å²) in [5.74, 6) is -0.933. The summed E-state index contributed by atoms with van der Waals surface area (Å²) in [4.78, 5) is 37.6. The number of aliphatic hydroxyl groups is 1. The van der Waals surface area contributed by atoms with E-state index in [2.05, 4.69) is 68.5 Å². The number of nitrogens with zero attached hydrogens (tertiary/aromatic N) is 1. The fourth-order valence-corrected chi connectivity index (χ4v) is 6.17. The highest BCUT2D eigenvalue weighted by atomic mass is 31.2. The fraction of sp³-hybridized carbons (Fsp3) is 0.667. The first kappa shape index (κ1) is 56.1. The SMILES string of the molecule is CC/C=C/CC(O)/C=C/C=C/CCCCCCCC(=O)OC[C@H](COP(=O)([O-])OCC[N+](C)(C)C)OC(=O)CCCCC/C=C\C/C=C\C/C=C\C/C=C\CCCCC. The number of carbonyl (C=O) groups is 2. The first-order valence-electron chi connectivity index (χ1n) is 22.4. The average molecular weight is 848 g/mol. The molecule has 0 aliphatic heterocycles. The summed E-state index contributed by atoms with van der Waals surface area (Å²) in [7, 11) is 1.08. The molecule has 3 atom stereocenters. The third-order valence-electron chi connectivity index (χ3n) is 8.98. The lowest BCUT2D eigenvalue weighted by molar-refractivity contribution is -0.870. The zero-order chi connectivity index (χ0) is 43.7. The molecule has 10 nitrogen and oxygen atoms in total. The minimum atomic E-state index is -4.66. The van der Waals surface area contributed by atoms with Gasteiger partial charge in [-0.2, -0.15) is 0 Å². The first-order chi connectivity index (χ1) is 28.4. The van der Waals surface area contributed by atoms with Crippen LogP contribution in [0, 0.1) is 0 Å². The Bertz CT molecular complexity index is 1300. The van der Waals surface area contributed by atoms with Crippen molar-refractivity contribution < 1.29 is 47.2 Å². The molecular weight excluding hydrogens is 765 g/mol. The largest absolute Gasteiger partial charge is 0.756 e. The van der Waals surface area contributed by atoms with Crippen molar-refractivity contribution in [3.8, 4) is 0 Å². The smallest absolute Gasteiger partial charge is 0.306 e. The number of phosphoric ester groups is 1. The van der Waals surface area contributed by atoms with E-state index in [1.807, 2.05) is 45.4 Å². The molecule has 0 aliphatic carbocycles. The molecule has 0 spiro atoms. The molecule has 11 heteroatoms. The predicted octanol–water partition coefficient (Wildman–Crippen LogP) is 11.1. The van der Waals surface area contributed by atoms with Gasteiger partial charge >= 0.3 is 11.9 Å². The van der Waals surface area contributed by atoms with Gasteiger partial charge in [-0.3, -0.25) is 14.2 Å². The van der Waals surface area contributed by atoms with Gasteiger partial charge in [0, 0.05) is 12.8 Å². The van der Waals surface area contributed by atoms with Crippen molar-refractivity contribution in [1.29, 1.82) is 0 Å². The van der Waals surface area contributed by atoms with Gasteiger partial charge in [-0.1, -0.05) is 137 Å². The first-order valence-corrected chi connectivity index (χ1v) is 23.9. The van der Waals surface area contributed by atoms with Crippen LogP contribution in [0.2, 0.25) is 0 Å². The normalized spacial score (nSPS) is 14.9. The second-order valence-electron chi connectivity index (χ2n) is 15.9. The van der Waals surface area contributed by atoms with Gasteiger partial charge in [0.25, 0.3) is 7.82 Å². The number of quaternary nitrogens is 1. The molecule has 0 amide bonds. The van der Waals surface area contributed by atoms with Gasteiger partial charge in [0.2, 0.25) is 0 Å². The molecule has 0 heterocycles. The number of hydrogen-bond donors (Lipinski definition) is 1. The van der Waals surface area contributed by atoms with E-state index >= 15 is 0 Å². The van der Waals surface area contributed by atoms with E-state index in [4.69, 9.17) is 18.5 Å². The van der Waals surface area contributed by atoms with E-state index in [-0.39, 0.29) is 26.1 Å². The average Bonchev–Trinajstić information content (AvgIpc) is 3.18. The van der Waals surface area contributed by atoms with Crippen LogP contribution in [0.25, 0.3) is 0 Å². The number of likely N-dealkylation sites (N-methyl/N-ethyl adjacent to an activating group) is 1. The molecule has 0 bridgehead atoms. The van der Waals surface area contributed by atoms with Crippen molar-refractivity contribution in [3.63, 3.8) is 0 Å². The molecule has 0 aromatic carbocycles. The minimum absolute atomic E-state index is 0.0543. The Labute approximate surface area is 359 Å². The maximum absolute atomic E-state index is 12.7. The predicted molar refractivity (Wildman–Crippen MR) is 242 cm³/mol. The number of rotatable bonds is 39. The zero-order valence-electron chi connectivity index (χ0n) is 37.5. The number of aliphatic hydroxyl groups excluding tert-OH is 1. The molecule has 0 aromatic rings. The summed E-state index contributed by atoms with van der Waals surface area (Å²) in [5.41, 5.74) is 0. The number of ether oxygens (including phenoxy) is 2. The molecule has 338 valence electrons. The quantitative estimate of drug-likeness (QED) is 0.0160. The Balaban J connectivity index is 4.50. The number of esters is 2. The summed E-state index contributed by atoms with van der Waals surface area (Å²) in [6.45, 7) is 3.88. The summed E-state index contributed by atoms with van der Waals surface area (Å²) >= 11 is 0. The van der Waals surface area contributed by atoms with E-state index < -0.39 is 38.6 Å². The molecular formula is C48H82NO9P. The second-order valence-corrected chi connectivity index (χ2v) is 17.3. The van der Waals surface area contributed by atoms with E-state index in [9.17, 15) is 24.2 Å². The third kappa shape index (κ3) is 43.1. The third-order valence-corrected chi connectivity index (χ3v) is 9.94. The van der Waals surface area contributed by atoms with E-state index in [0.717, 1.165) is 77.0 Å². The van der Waals surface area contributed by atoms with Crippen molar-refractivity contribution >= 4 is 19.8 Å². The molecule has 0 saturated heterocycles. The van der Waals surface area contributed by atoms with Crippen LogP contribution in [0.3, 0.4) is 0 Å². The Morgan fingerprint density at radius 2 is 1.19 bits per heavy atom. The van der Waals surface area contributed by atoms with Crippen molar-refractivity contribution in [2.75, 3.05) is 47.5 Å².